The number of halogens is 1. The summed E-state index contributed by atoms with van der Waals surface area (Å²) in [6.07, 6.45) is 0. The zero-order valence-corrected chi connectivity index (χ0v) is 10.6. The molecular formula is C14H10FN3O2. The van der Waals surface area contributed by atoms with Crippen molar-refractivity contribution >= 4 is 11.7 Å². The summed E-state index contributed by atoms with van der Waals surface area (Å²) in [5.74, 6) is -1.30. The molecule has 0 radical (unpaired) electrons. The van der Waals surface area contributed by atoms with E-state index in [0.717, 1.165) is 0 Å². The Kier molecular flexibility index (Phi) is 3.62. The molecule has 0 saturated carbocycles. The van der Waals surface area contributed by atoms with Crippen molar-refractivity contribution in [2.45, 2.75) is 6.92 Å². The van der Waals surface area contributed by atoms with Crippen molar-refractivity contribution in [3.63, 3.8) is 0 Å². The predicted octanol–water partition coefficient (Wildman–Crippen LogP) is 2.55. The highest BCUT2D eigenvalue weighted by Crippen LogP contribution is 2.29. The normalized spacial score (nSPS) is 9.85. The lowest BCUT2D eigenvalue weighted by molar-refractivity contribution is -0.0787. The fourth-order valence-corrected chi connectivity index (χ4v) is 1.88. The highest BCUT2D eigenvalue weighted by Gasteiger charge is 2.24. The highest BCUT2D eigenvalue weighted by molar-refractivity contribution is 6.00. The maximum Gasteiger partial charge on any atom is 0.383 e. The van der Waals surface area contributed by atoms with Gasteiger partial charge in [-0.1, -0.05) is 30.3 Å². The first kappa shape index (κ1) is 13.5. The van der Waals surface area contributed by atoms with Gasteiger partial charge >= 0.3 is 5.97 Å². The Bertz CT molecular complexity index is 709. The summed E-state index contributed by atoms with van der Waals surface area (Å²) < 4.78 is 12.2. The van der Waals surface area contributed by atoms with E-state index in [1.165, 1.54) is 0 Å². The number of anilines is 1. The van der Waals surface area contributed by atoms with Crippen LogP contribution in [-0.4, -0.2) is 11.0 Å². The Morgan fingerprint density at radius 3 is 2.60 bits per heavy atom. The van der Waals surface area contributed by atoms with E-state index >= 15 is 0 Å². The quantitative estimate of drug-likeness (QED) is 0.906. The molecule has 0 fully saturated rings. The second kappa shape index (κ2) is 5.36. The van der Waals surface area contributed by atoms with Crippen molar-refractivity contribution < 1.29 is 14.3 Å². The Morgan fingerprint density at radius 1 is 1.40 bits per heavy atom. The molecular weight excluding hydrogens is 261 g/mol. The van der Waals surface area contributed by atoms with Gasteiger partial charge in [0.25, 0.3) is 0 Å². The molecule has 6 heteroatoms. The van der Waals surface area contributed by atoms with Gasteiger partial charge in [0.2, 0.25) is 0 Å². The summed E-state index contributed by atoms with van der Waals surface area (Å²) in [5, 5.41) is 9.24. The summed E-state index contributed by atoms with van der Waals surface area (Å²) in [5.41, 5.74) is 6.43. The fraction of sp³-hybridized carbons (Fsp3) is 0.0714. The van der Waals surface area contributed by atoms with Gasteiger partial charge in [0.05, 0.1) is 22.6 Å². The van der Waals surface area contributed by atoms with Crippen molar-refractivity contribution in [2.24, 2.45) is 0 Å². The molecule has 2 rings (SSSR count). The number of rotatable bonds is 2. The molecule has 1 heterocycles. The zero-order valence-electron chi connectivity index (χ0n) is 10.6. The molecule has 0 atom stereocenters. The summed E-state index contributed by atoms with van der Waals surface area (Å²) in [6, 6.07) is 10.6. The van der Waals surface area contributed by atoms with Gasteiger partial charge in [-0.15, -0.1) is 0 Å². The lowest BCUT2D eigenvalue weighted by atomic mass is 9.99. The summed E-state index contributed by atoms with van der Waals surface area (Å²) in [4.78, 5) is 18.9. The van der Waals surface area contributed by atoms with Crippen molar-refractivity contribution in [3.8, 4) is 17.3 Å². The van der Waals surface area contributed by atoms with Crippen molar-refractivity contribution in [1.82, 2.24) is 4.98 Å². The Morgan fingerprint density at radius 2 is 2.05 bits per heavy atom. The summed E-state index contributed by atoms with van der Waals surface area (Å²) >= 11 is 0. The van der Waals surface area contributed by atoms with Crippen LogP contribution in [0.1, 0.15) is 21.6 Å². The SMILES string of the molecule is Cc1nc(-c2ccccc2)c(C#N)c(C(=O)OF)c1N. The smallest absolute Gasteiger partial charge is 0.383 e. The molecule has 1 aromatic heterocycles. The first-order valence-electron chi connectivity index (χ1n) is 5.68. The first-order valence-corrected chi connectivity index (χ1v) is 5.68. The van der Waals surface area contributed by atoms with Crippen molar-refractivity contribution in [1.29, 1.82) is 5.26 Å². The lowest BCUT2D eigenvalue weighted by Gasteiger charge is -2.11. The Labute approximate surface area is 114 Å². The molecule has 20 heavy (non-hydrogen) atoms. The maximum absolute atomic E-state index is 12.2. The molecule has 0 saturated heterocycles. The molecule has 0 bridgehead atoms. The Hall–Kier alpha value is -2.94. The number of carbonyl (C=O) groups is 1. The van der Waals surface area contributed by atoms with E-state index in [1.807, 2.05) is 6.07 Å². The van der Waals surface area contributed by atoms with E-state index in [1.54, 1.807) is 37.3 Å². The van der Waals surface area contributed by atoms with Gasteiger partial charge in [0.1, 0.15) is 11.6 Å². The third-order valence-electron chi connectivity index (χ3n) is 2.86. The largest absolute Gasteiger partial charge is 0.397 e. The molecule has 0 amide bonds. The molecule has 0 aliphatic rings. The van der Waals surface area contributed by atoms with Gasteiger partial charge in [-0.05, 0) is 6.92 Å². The molecule has 2 aromatic rings. The second-order valence-corrected chi connectivity index (χ2v) is 4.05. The highest BCUT2D eigenvalue weighted by atomic mass is 19.3. The number of nitrogens with zero attached hydrogens (tertiary/aromatic N) is 2. The number of nitriles is 1. The minimum atomic E-state index is -1.30. The molecule has 1 aromatic carbocycles. The van der Waals surface area contributed by atoms with Crippen LogP contribution in [0.3, 0.4) is 0 Å². The van der Waals surface area contributed by atoms with Crippen LogP contribution in [0.2, 0.25) is 0 Å². The van der Waals surface area contributed by atoms with Crippen molar-refractivity contribution in [2.75, 3.05) is 5.73 Å². The van der Waals surface area contributed by atoms with E-state index in [4.69, 9.17) is 5.73 Å². The number of benzene rings is 1. The zero-order chi connectivity index (χ0) is 14.7. The van der Waals surface area contributed by atoms with E-state index in [9.17, 15) is 14.6 Å². The number of hydrogen-bond acceptors (Lipinski definition) is 5. The molecule has 0 spiro atoms. The van der Waals surface area contributed by atoms with Crippen molar-refractivity contribution in [3.05, 3.63) is 47.2 Å². The number of carbonyl (C=O) groups excluding carboxylic acids is 1. The van der Waals surface area contributed by atoms with Gasteiger partial charge in [-0.3, -0.25) is 0 Å². The molecule has 5 nitrogen and oxygen atoms in total. The average molecular weight is 271 g/mol. The lowest BCUT2D eigenvalue weighted by Crippen LogP contribution is -2.11. The van der Waals surface area contributed by atoms with E-state index < -0.39 is 5.97 Å². The topological polar surface area (TPSA) is 89.0 Å². The van der Waals surface area contributed by atoms with Crippen LogP contribution in [0.25, 0.3) is 11.3 Å². The van der Waals surface area contributed by atoms with E-state index in [2.05, 4.69) is 9.93 Å². The first-order chi connectivity index (χ1) is 9.60. The van der Waals surface area contributed by atoms with Crippen LogP contribution in [0.5, 0.6) is 0 Å². The predicted molar refractivity (Wildman–Crippen MR) is 70.1 cm³/mol. The molecule has 0 aliphatic heterocycles. The number of aryl methyl sites for hydroxylation is 1. The standard InChI is InChI=1S/C14H10FN3O2/c1-8-12(17)11(14(19)20-15)10(7-16)13(18-8)9-5-3-2-4-6-9/h2-6H,17H2,1H3. The van der Waals surface area contributed by atoms with E-state index in [0.29, 0.717) is 11.3 Å². The fourth-order valence-electron chi connectivity index (χ4n) is 1.88. The van der Waals surface area contributed by atoms with Crippen LogP contribution in [0.15, 0.2) is 30.3 Å². The molecule has 100 valence electrons. The number of aromatic nitrogens is 1. The average Bonchev–Trinajstić information content (AvgIpc) is 2.49. The monoisotopic (exact) mass is 271 g/mol. The van der Waals surface area contributed by atoms with Gasteiger partial charge in [-0.2, -0.15) is 5.26 Å². The van der Waals surface area contributed by atoms with Gasteiger partial charge in [-0.25, -0.2) is 14.7 Å². The number of hydrogen-bond donors (Lipinski definition) is 1. The van der Waals surface area contributed by atoms with Gasteiger partial charge in [0, 0.05) is 10.1 Å². The molecule has 2 N–H and O–H groups in total. The van der Waals surface area contributed by atoms with Crippen LogP contribution in [0, 0.1) is 18.3 Å². The van der Waals surface area contributed by atoms with E-state index in [-0.39, 0.29) is 22.5 Å². The summed E-state index contributed by atoms with van der Waals surface area (Å²) in [7, 11) is 0. The third kappa shape index (κ3) is 2.17. The number of pyridine rings is 1. The number of nitrogens with two attached hydrogens (primary N) is 1. The minimum absolute atomic E-state index is 0.0659. The third-order valence-corrected chi connectivity index (χ3v) is 2.86. The van der Waals surface area contributed by atoms with Gasteiger partial charge in [0.15, 0.2) is 0 Å². The Balaban J connectivity index is 2.81. The maximum atomic E-state index is 12.2. The number of nitrogen functional groups attached to an aromatic ring is 1. The van der Waals surface area contributed by atoms with Gasteiger partial charge < -0.3 is 5.73 Å². The van der Waals surface area contributed by atoms with Crippen LogP contribution in [0.4, 0.5) is 10.2 Å². The second-order valence-electron chi connectivity index (χ2n) is 4.05. The molecule has 0 aliphatic carbocycles. The van der Waals surface area contributed by atoms with Crippen LogP contribution in [-0.2, 0) is 4.94 Å². The minimum Gasteiger partial charge on any atom is -0.397 e. The van der Waals surface area contributed by atoms with Crippen LogP contribution < -0.4 is 5.73 Å². The summed E-state index contributed by atoms with van der Waals surface area (Å²) in [6.45, 7) is 1.57. The van der Waals surface area contributed by atoms with Crippen LogP contribution >= 0.6 is 0 Å². The molecule has 0 unspecified atom stereocenters.